The van der Waals surface area contributed by atoms with Gasteiger partial charge in [-0.15, -0.1) is 0 Å². The van der Waals surface area contributed by atoms with Crippen molar-refractivity contribution in [2.24, 2.45) is 0 Å². The zero-order chi connectivity index (χ0) is 16.6. The topological polar surface area (TPSA) is 0 Å². The second-order valence-electron chi connectivity index (χ2n) is 9.85. The Morgan fingerprint density at radius 1 is 0.905 bits per heavy atom. The van der Waals surface area contributed by atoms with Crippen molar-refractivity contribution < 1.29 is 0 Å². The Morgan fingerprint density at radius 2 is 1.38 bits per heavy atom. The van der Waals surface area contributed by atoms with E-state index in [4.69, 9.17) is 0 Å². The van der Waals surface area contributed by atoms with Crippen molar-refractivity contribution in [2.45, 2.75) is 84.0 Å². The second kappa shape index (κ2) is 6.04. The monoisotopic (exact) mass is 320 g/mol. The van der Waals surface area contributed by atoms with Crippen molar-refractivity contribution in [3.63, 3.8) is 0 Å². The van der Waals surface area contributed by atoms with Crippen LogP contribution in [0.15, 0.2) is 18.2 Å². The molecule has 0 unspecified atom stereocenters. The summed E-state index contributed by atoms with van der Waals surface area (Å²) in [6.45, 7) is 24.7. The van der Waals surface area contributed by atoms with Gasteiger partial charge in [0.05, 0.1) is 0 Å². The van der Waals surface area contributed by atoms with E-state index in [9.17, 15) is 0 Å². The third-order valence-electron chi connectivity index (χ3n) is 4.62. The first-order chi connectivity index (χ1) is 9.24. The summed E-state index contributed by atoms with van der Waals surface area (Å²) < 4.78 is 0. The van der Waals surface area contributed by atoms with Crippen LogP contribution in [-0.4, -0.2) is 16.1 Å². The van der Waals surface area contributed by atoms with Gasteiger partial charge < -0.3 is 0 Å². The lowest BCUT2D eigenvalue weighted by molar-refractivity contribution is 0.578. The standard InChI is InChI=1S/C19H36Si2/c1-15-12-11-13-16(18(15)19(2,3)4)14-17(20(5,6)7)21(8,9)10/h11-13,17H,14H2,1-10H3. The van der Waals surface area contributed by atoms with Crippen molar-refractivity contribution in [3.8, 4) is 0 Å². The molecule has 0 aliphatic heterocycles. The molecule has 21 heavy (non-hydrogen) atoms. The number of aryl methyl sites for hydroxylation is 1. The SMILES string of the molecule is Cc1cccc(CC([Si](C)(C)C)[Si](C)(C)C)c1C(C)(C)C. The van der Waals surface area contributed by atoms with Crippen LogP contribution in [0.3, 0.4) is 0 Å². The lowest BCUT2D eigenvalue weighted by atomic mass is 9.80. The Labute approximate surface area is 135 Å². The fourth-order valence-corrected chi connectivity index (χ4v) is 16.2. The van der Waals surface area contributed by atoms with Crippen LogP contribution in [0.2, 0.25) is 44.4 Å². The molecule has 0 spiro atoms. The van der Waals surface area contributed by atoms with E-state index in [-0.39, 0.29) is 5.41 Å². The molecule has 0 bridgehead atoms. The quantitative estimate of drug-likeness (QED) is 0.561. The first-order valence-corrected chi connectivity index (χ1v) is 15.5. The van der Waals surface area contributed by atoms with Gasteiger partial charge in [-0.25, -0.2) is 0 Å². The third kappa shape index (κ3) is 4.82. The van der Waals surface area contributed by atoms with Gasteiger partial charge in [-0.2, -0.15) is 0 Å². The van der Waals surface area contributed by atoms with Gasteiger partial charge in [-0.3, -0.25) is 0 Å². The molecule has 0 atom stereocenters. The van der Waals surface area contributed by atoms with Gasteiger partial charge in [0, 0.05) is 16.1 Å². The summed E-state index contributed by atoms with van der Waals surface area (Å²) in [5.41, 5.74) is 4.90. The third-order valence-corrected chi connectivity index (χ3v) is 14.4. The Hall–Kier alpha value is -0.346. The highest BCUT2D eigenvalue weighted by atomic mass is 28.4. The molecule has 0 fully saturated rings. The van der Waals surface area contributed by atoms with Gasteiger partial charge in [-0.1, -0.05) is 78.3 Å². The molecule has 0 saturated carbocycles. The first kappa shape index (κ1) is 18.7. The maximum absolute atomic E-state index is 2.56. The predicted octanol–water partition coefficient (Wildman–Crippen LogP) is 6.42. The summed E-state index contributed by atoms with van der Waals surface area (Å²) in [6.07, 6.45) is 1.29. The average Bonchev–Trinajstić information content (AvgIpc) is 2.20. The van der Waals surface area contributed by atoms with E-state index in [1.807, 2.05) is 0 Å². The van der Waals surface area contributed by atoms with Crippen LogP contribution < -0.4 is 0 Å². The summed E-state index contributed by atoms with van der Waals surface area (Å²) >= 11 is 0. The van der Waals surface area contributed by atoms with E-state index in [1.165, 1.54) is 12.0 Å². The van der Waals surface area contributed by atoms with E-state index in [1.54, 1.807) is 11.1 Å². The molecule has 1 rings (SSSR count). The van der Waals surface area contributed by atoms with E-state index in [2.05, 4.69) is 85.2 Å². The van der Waals surface area contributed by atoms with E-state index in [0.29, 0.717) is 0 Å². The van der Waals surface area contributed by atoms with Gasteiger partial charge in [0.2, 0.25) is 0 Å². The molecule has 0 aromatic heterocycles. The Balaban J connectivity index is 3.33. The number of benzene rings is 1. The fourth-order valence-electron chi connectivity index (χ4n) is 4.10. The molecule has 0 nitrogen and oxygen atoms in total. The molecule has 1 aromatic rings. The Bertz CT molecular complexity index is 468. The van der Waals surface area contributed by atoms with Crippen LogP contribution in [0.1, 0.15) is 37.5 Å². The van der Waals surface area contributed by atoms with Crippen molar-refractivity contribution in [1.29, 1.82) is 0 Å². The summed E-state index contributed by atoms with van der Waals surface area (Å²) in [6, 6.07) is 6.92. The Kier molecular flexibility index (Phi) is 5.38. The molecular formula is C19H36Si2. The van der Waals surface area contributed by atoms with Gasteiger partial charge in [0.1, 0.15) is 0 Å². The molecule has 2 heteroatoms. The molecule has 0 saturated heterocycles. The van der Waals surface area contributed by atoms with Crippen LogP contribution >= 0.6 is 0 Å². The highest BCUT2D eigenvalue weighted by molar-refractivity contribution is 6.96. The Morgan fingerprint density at radius 3 is 1.76 bits per heavy atom. The molecular weight excluding hydrogens is 284 g/mol. The zero-order valence-electron chi connectivity index (χ0n) is 16.0. The second-order valence-corrected chi connectivity index (χ2v) is 21.3. The van der Waals surface area contributed by atoms with Crippen LogP contribution in [0.5, 0.6) is 0 Å². The average molecular weight is 321 g/mol. The predicted molar refractivity (Wildman–Crippen MR) is 104 cm³/mol. The van der Waals surface area contributed by atoms with Gasteiger partial charge in [-0.05, 0) is 40.6 Å². The van der Waals surface area contributed by atoms with Gasteiger partial charge >= 0.3 is 0 Å². The molecule has 0 aliphatic carbocycles. The van der Waals surface area contributed by atoms with Crippen molar-refractivity contribution in [1.82, 2.24) is 0 Å². The summed E-state index contributed by atoms with van der Waals surface area (Å²) in [5.74, 6) is 0. The van der Waals surface area contributed by atoms with Gasteiger partial charge in [0.15, 0.2) is 0 Å². The van der Waals surface area contributed by atoms with Gasteiger partial charge in [0.25, 0.3) is 0 Å². The number of hydrogen-bond acceptors (Lipinski definition) is 0. The maximum Gasteiger partial charge on any atom is 0.0450 e. The zero-order valence-corrected chi connectivity index (χ0v) is 18.0. The minimum atomic E-state index is -1.14. The molecule has 0 heterocycles. The molecule has 0 amide bonds. The van der Waals surface area contributed by atoms with Crippen LogP contribution in [-0.2, 0) is 11.8 Å². The highest BCUT2D eigenvalue weighted by Gasteiger charge is 2.38. The largest absolute Gasteiger partial charge is 0.0695 e. The maximum atomic E-state index is 2.56. The molecule has 1 aromatic carbocycles. The minimum Gasteiger partial charge on any atom is -0.0695 e. The van der Waals surface area contributed by atoms with Crippen LogP contribution in [0, 0.1) is 6.92 Å². The summed E-state index contributed by atoms with van der Waals surface area (Å²) in [5, 5.41) is 0.938. The fraction of sp³-hybridized carbons (Fsp3) is 0.684. The lowest BCUT2D eigenvalue weighted by Gasteiger charge is -2.40. The van der Waals surface area contributed by atoms with E-state index >= 15 is 0 Å². The molecule has 0 N–H and O–H groups in total. The van der Waals surface area contributed by atoms with Crippen LogP contribution in [0.4, 0.5) is 0 Å². The van der Waals surface area contributed by atoms with E-state index in [0.717, 1.165) is 5.16 Å². The van der Waals surface area contributed by atoms with Crippen LogP contribution in [0.25, 0.3) is 0 Å². The number of rotatable bonds is 4. The smallest absolute Gasteiger partial charge is 0.0450 e. The number of hydrogen-bond donors (Lipinski definition) is 0. The summed E-state index contributed by atoms with van der Waals surface area (Å²) in [4.78, 5) is 0. The first-order valence-electron chi connectivity index (χ1n) is 8.33. The molecule has 0 radical (unpaired) electrons. The summed E-state index contributed by atoms with van der Waals surface area (Å²) in [7, 11) is -2.29. The van der Waals surface area contributed by atoms with Crippen molar-refractivity contribution >= 4 is 16.1 Å². The van der Waals surface area contributed by atoms with Crippen molar-refractivity contribution in [2.75, 3.05) is 0 Å². The van der Waals surface area contributed by atoms with E-state index < -0.39 is 16.1 Å². The minimum absolute atomic E-state index is 0.240. The van der Waals surface area contributed by atoms with Crippen molar-refractivity contribution in [3.05, 3.63) is 34.9 Å². The lowest BCUT2D eigenvalue weighted by Crippen LogP contribution is -2.45. The normalized spacial score (nSPS) is 13.9. The molecule has 120 valence electrons. The highest BCUT2D eigenvalue weighted by Crippen LogP contribution is 2.38. The molecule has 0 aliphatic rings.